The van der Waals surface area contributed by atoms with Crippen molar-refractivity contribution >= 4 is 28.8 Å². The molecule has 40 heavy (non-hydrogen) atoms. The molecule has 8 heteroatoms. The quantitative estimate of drug-likeness (QED) is 0.260. The number of hydrogen-bond donors (Lipinski definition) is 3. The highest BCUT2D eigenvalue weighted by Crippen LogP contribution is 2.34. The first-order chi connectivity index (χ1) is 19.3. The zero-order valence-electron chi connectivity index (χ0n) is 22.0. The summed E-state index contributed by atoms with van der Waals surface area (Å²) in [5, 5.41) is 24.8. The zero-order valence-corrected chi connectivity index (χ0v) is 22.0. The normalized spacial score (nSPS) is 17.5. The molecule has 0 aliphatic carbocycles. The Kier molecular flexibility index (Phi) is 7.79. The van der Waals surface area contributed by atoms with E-state index in [9.17, 15) is 24.6 Å². The van der Waals surface area contributed by atoms with Crippen molar-refractivity contribution in [3.8, 4) is 5.75 Å². The van der Waals surface area contributed by atoms with Crippen LogP contribution in [0.3, 0.4) is 0 Å². The van der Waals surface area contributed by atoms with Gasteiger partial charge in [0, 0.05) is 31.6 Å². The van der Waals surface area contributed by atoms with Gasteiger partial charge in [-0.3, -0.25) is 0 Å². The number of fused-ring (bicyclic) bond motifs is 1. The Morgan fingerprint density at radius 3 is 2.23 bits per heavy atom. The van der Waals surface area contributed by atoms with E-state index in [0.29, 0.717) is 19.6 Å². The molecule has 3 N–H and O–H groups in total. The van der Waals surface area contributed by atoms with Crippen LogP contribution < -0.4 is 10.1 Å². The third-order valence-electron chi connectivity index (χ3n) is 7.51. The SMILES string of the molecule is C[C@@H](NC[C@H]1CN(C(=O)Oc2cc(C(=O)O)cc(C(=O)O)c2)C[C@@H]1c1ccccc1)c1cccc2ccccc12. The lowest BCUT2D eigenvalue weighted by Crippen LogP contribution is -2.33. The van der Waals surface area contributed by atoms with Crippen molar-refractivity contribution in [1.82, 2.24) is 10.2 Å². The van der Waals surface area contributed by atoms with Crippen LogP contribution >= 0.6 is 0 Å². The molecule has 0 spiro atoms. The van der Waals surface area contributed by atoms with E-state index in [-0.39, 0.29) is 34.8 Å². The van der Waals surface area contributed by atoms with Crippen molar-refractivity contribution < 1.29 is 29.3 Å². The minimum atomic E-state index is -1.31. The van der Waals surface area contributed by atoms with Crippen molar-refractivity contribution in [3.63, 3.8) is 0 Å². The van der Waals surface area contributed by atoms with Crippen LogP contribution in [0.15, 0.2) is 91.0 Å². The van der Waals surface area contributed by atoms with Gasteiger partial charge in [-0.15, -0.1) is 0 Å². The average Bonchev–Trinajstić information content (AvgIpc) is 3.40. The fourth-order valence-electron chi connectivity index (χ4n) is 5.44. The number of aromatic carboxylic acids is 2. The summed E-state index contributed by atoms with van der Waals surface area (Å²) in [5.41, 5.74) is 1.78. The Hall–Kier alpha value is -4.69. The highest BCUT2D eigenvalue weighted by atomic mass is 16.6. The van der Waals surface area contributed by atoms with E-state index < -0.39 is 18.0 Å². The minimum Gasteiger partial charge on any atom is -0.478 e. The summed E-state index contributed by atoms with van der Waals surface area (Å²) in [6.45, 7) is 3.64. The topological polar surface area (TPSA) is 116 Å². The number of ether oxygens (including phenoxy) is 1. The molecule has 0 bridgehead atoms. The number of carboxylic acid groups (broad SMARTS) is 2. The predicted molar refractivity (Wildman–Crippen MR) is 151 cm³/mol. The molecule has 0 unspecified atom stereocenters. The van der Waals surface area contributed by atoms with Gasteiger partial charge in [-0.1, -0.05) is 72.8 Å². The number of carboxylic acids is 2. The third kappa shape index (κ3) is 5.82. The van der Waals surface area contributed by atoms with Crippen molar-refractivity contribution in [2.75, 3.05) is 19.6 Å². The minimum absolute atomic E-state index is 0.0564. The second-order valence-electron chi connectivity index (χ2n) is 10.1. The molecule has 3 atom stereocenters. The van der Waals surface area contributed by atoms with Gasteiger partial charge in [0.15, 0.2) is 0 Å². The maximum atomic E-state index is 13.2. The Morgan fingerprint density at radius 2 is 1.52 bits per heavy atom. The summed E-state index contributed by atoms with van der Waals surface area (Å²) >= 11 is 0. The molecule has 4 aromatic carbocycles. The zero-order chi connectivity index (χ0) is 28.2. The molecule has 4 aromatic rings. The van der Waals surface area contributed by atoms with Crippen LogP contribution in [0.5, 0.6) is 5.75 Å². The molecule has 1 amide bonds. The largest absolute Gasteiger partial charge is 0.478 e. The fourth-order valence-corrected chi connectivity index (χ4v) is 5.44. The Labute approximate surface area is 231 Å². The predicted octanol–water partition coefficient (Wildman–Crippen LogP) is 5.80. The van der Waals surface area contributed by atoms with Crippen molar-refractivity contribution in [2.45, 2.75) is 18.9 Å². The van der Waals surface area contributed by atoms with Gasteiger partial charge in [-0.05, 0) is 52.9 Å². The smallest absolute Gasteiger partial charge is 0.415 e. The molecular weight excluding hydrogens is 508 g/mol. The van der Waals surface area contributed by atoms with E-state index in [2.05, 4.69) is 54.7 Å². The molecule has 204 valence electrons. The van der Waals surface area contributed by atoms with Crippen LogP contribution in [-0.2, 0) is 0 Å². The molecule has 1 aliphatic rings. The number of likely N-dealkylation sites (tertiary alicyclic amines) is 1. The average molecular weight is 539 g/mol. The molecule has 1 aliphatic heterocycles. The maximum Gasteiger partial charge on any atom is 0.415 e. The van der Waals surface area contributed by atoms with Gasteiger partial charge in [0.05, 0.1) is 11.1 Å². The third-order valence-corrected chi connectivity index (χ3v) is 7.51. The fraction of sp³-hybridized carbons (Fsp3) is 0.219. The van der Waals surface area contributed by atoms with E-state index >= 15 is 0 Å². The Morgan fingerprint density at radius 1 is 0.875 bits per heavy atom. The number of carbonyl (C=O) groups excluding carboxylic acids is 1. The molecular formula is C32H30N2O6. The lowest BCUT2D eigenvalue weighted by Gasteiger charge is -2.23. The van der Waals surface area contributed by atoms with Gasteiger partial charge in [0.25, 0.3) is 0 Å². The molecule has 1 fully saturated rings. The van der Waals surface area contributed by atoms with Gasteiger partial charge in [0.1, 0.15) is 5.75 Å². The van der Waals surface area contributed by atoms with Gasteiger partial charge in [-0.2, -0.15) is 0 Å². The summed E-state index contributed by atoms with van der Waals surface area (Å²) in [6.07, 6.45) is -0.649. The lowest BCUT2D eigenvalue weighted by molar-refractivity contribution is 0.0696. The molecule has 0 aromatic heterocycles. The summed E-state index contributed by atoms with van der Waals surface area (Å²) in [6, 6.07) is 28.0. The highest BCUT2D eigenvalue weighted by molar-refractivity contribution is 5.94. The number of rotatable bonds is 8. The van der Waals surface area contributed by atoms with Gasteiger partial charge < -0.3 is 25.2 Å². The first kappa shape index (κ1) is 26.9. The van der Waals surface area contributed by atoms with E-state index in [1.54, 1.807) is 4.90 Å². The number of nitrogens with zero attached hydrogens (tertiary/aromatic N) is 1. The second-order valence-corrected chi connectivity index (χ2v) is 10.1. The van der Waals surface area contributed by atoms with E-state index in [0.717, 1.165) is 23.8 Å². The molecule has 0 radical (unpaired) electrons. The molecule has 8 nitrogen and oxygen atoms in total. The van der Waals surface area contributed by atoms with Crippen LogP contribution in [0.2, 0.25) is 0 Å². The number of amides is 1. The Balaban J connectivity index is 1.33. The summed E-state index contributed by atoms with van der Waals surface area (Å²) in [5.74, 6) is -2.59. The molecule has 1 saturated heterocycles. The molecule has 5 rings (SSSR count). The van der Waals surface area contributed by atoms with Crippen LogP contribution in [0.1, 0.15) is 50.7 Å². The van der Waals surface area contributed by atoms with Crippen molar-refractivity contribution in [3.05, 3.63) is 113 Å². The van der Waals surface area contributed by atoms with Gasteiger partial charge in [0.2, 0.25) is 0 Å². The molecule has 1 heterocycles. The summed E-state index contributed by atoms with van der Waals surface area (Å²) < 4.78 is 5.50. The highest BCUT2D eigenvalue weighted by Gasteiger charge is 2.37. The van der Waals surface area contributed by atoms with Gasteiger partial charge in [-0.25, -0.2) is 14.4 Å². The van der Waals surface area contributed by atoms with E-state index in [1.807, 2.05) is 30.3 Å². The Bertz CT molecular complexity index is 1520. The number of hydrogen-bond acceptors (Lipinski definition) is 5. The molecule has 0 saturated carbocycles. The monoisotopic (exact) mass is 538 g/mol. The standard InChI is InChI=1S/C32H30N2O6/c1-20(27-13-7-11-21-10-5-6-12-28(21)27)33-17-25-18-34(19-29(25)22-8-3-2-4-9-22)32(39)40-26-15-23(30(35)36)14-24(16-26)31(37)38/h2-16,20,25,29,33H,17-19H2,1H3,(H,35,36)(H,37,38)/t20-,25+,29-/m1/s1. The summed E-state index contributed by atoms with van der Waals surface area (Å²) in [7, 11) is 0. The number of carbonyl (C=O) groups is 3. The van der Waals surface area contributed by atoms with Gasteiger partial charge >= 0.3 is 18.0 Å². The number of benzene rings is 4. The first-order valence-corrected chi connectivity index (χ1v) is 13.1. The van der Waals surface area contributed by atoms with Crippen molar-refractivity contribution in [1.29, 1.82) is 0 Å². The van der Waals surface area contributed by atoms with E-state index in [1.165, 1.54) is 16.3 Å². The lowest BCUT2D eigenvalue weighted by atomic mass is 9.88. The first-order valence-electron chi connectivity index (χ1n) is 13.1. The van der Waals surface area contributed by atoms with E-state index in [4.69, 9.17) is 4.74 Å². The number of nitrogens with one attached hydrogen (secondary N) is 1. The van der Waals surface area contributed by atoms with Crippen LogP contribution in [0.25, 0.3) is 10.8 Å². The van der Waals surface area contributed by atoms with Crippen LogP contribution in [0, 0.1) is 5.92 Å². The maximum absolute atomic E-state index is 13.2. The van der Waals surface area contributed by atoms with Crippen LogP contribution in [-0.4, -0.2) is 52.8 Å². The summed E-state index contributed by atoms with van der Waals surface area (Å²) in [4.78, 5) is 37.7. The van der Waals surface area contributed by atoms with Crippen molar-refractivity contribution in [2.24, 2.45) is 5.92 Å². The van der Waals surface area contributed by atoms with Crippen LogP contribution in [0.4, 0.5) is 4.79 Å². The second kappa shape index (κ2) is 11.6.